The van der Waals surface area contributed by atoms with Gasteiger partial charge in [-0.15, -0.1) is 10.2 Å². The number of benzene rings is 1. The third-order valence-corrected chi connectivity index (χ3v) is 7.10. The minimum absolute atomic E-state index is 0.150. The standard InChI is InChI=1S/C18H26N4O3S2/c1-6-22(7-2)27(24,25)15-11-14(9-8-13(15)5)17(23)19-18-21-20-16(26-18)10-12(3)4/h8-9,11-12H,6-7,10H2,1-5H3,(H,19,21,23). The lowest BCUT2D eigenvalue weighted by atomic mass is 10.1. The van der Waals surface area contributed by atoms with E-state index in [0.717, 1.165) is 11.4 Å². The Morgan fingerprint density at radius 3 is 2.48 bits per heavy atom. The number of rotatable bonds is 8. The van der Waals surface area contributed by atoms with Crippen LogP contribution in [0.25, 0.3) is 0 Å². The first-order valence-corrected chi connectivity index (χ1v) is 11.2. The molecule has 9 heteroatoms. The molecule has 1 N–H and O–H groups in total. The number of anilines is 1. The summed E-state index contributed by atoms with van der Waals surface area (Å²) in [6, 6.07) is 4.69. The molecule has 2 rings (SSSR count). The van der Waals surface area contributed by atoms with E-state index in [1.807, 2.05) is 0 Å². The van der Waals surface area contributed by atoms with Crippen LogP contribution < -0.4 is 5.32 Å². The zero-order valence-corrected chi connectivity index (χ0v) is 17.9. The normalized spacial score (nSPS) is 12.0. The van der Waals surface area contributed by atoms with Crippen LogP contribution in [-0.4, -0.2) is 41.9 Å². The summed E-state index contributed by atoms with van der Waals surface area (Å²) in [5, 5.41) is 12.0. The van der Waals surface area contributed by atoms with Crippen LogP contribution in [0.1, 0.15) is 48.6 Å². The SMILES string of the molecule is CCN(CC)S(=O)(=O)c1cc(C(=O)Nc2nnc(CC(C)C)s2)ccc1C. The molecule has 0 aliphatic carbocycles. The molecule has 0 radical (unpaired) electrons. The van der Waals surface area contributed by atoms with E-state index in [9.17, 15) is 13.2 Å². The van der Waals surface area contributed by atoms with Gasteiger partial charge < -0.3 is 0 Å². The molecule has 1 heterocycles. The van der Waals surface area contributed by atoms with E-state index in [1.54, 1.807) is 32.9 Å². The Labute approximate surface area is 164 Å². The number of carbonyl (C=O) groups excluding carboxylic acids is 1. The van der Waals surface area contributed by atoms with Gasteiger partial charge in [-0.3, -0.25) is 10.1 Å². The molecule has 0 bridgehead atoms. The zero-order chi connectivity index (χ0) is 20.2. The van der Waals surface area contributed by atoms with Crippen molar-refractivity contribution in [2.75, 3.05) is 18.4 Å². The van der Waals surface area contributed by atoms with Gasteiger partial charge in [0.25, 0.3) is 5.91 Å². The maximum absolute atomic E-state index is 12.8. The molecule has 0 aliphatic heterocycles. The van der Waals surface area contributed by atoms with Gasteiger partial charge in [-0.25, -0.2) is 8.42 Å². The second kappa shape index (κ2) is 8.90. The summed E-state index contributed by atoms with van der Waals surface area (Å²) in [5.74, 6) is 0.0460. The second-order valence-corrected chi connectivity index (χ2v) is 9.59. The molecular weight excluding hydrogens is 384 g/mol. The Bertz CT molecular complexity index is 903. The van der Waals surface area contributed by atoms with Crippen LogP contribution in [0.15, 0.2) is 23.1 Å². The smallest absolute Gasteiger partial charge is 0.257 e. The van der Waals surface area contributed by atoms with Crippen molar-refractivity contribution in [3.63, 3.8) is 0 Å². The maximum atomic E-state index is 12.8. The minimum atomic E-state index is -3.64. The molecule has 0 aliphatic rings. The number of hydrogen-bond donors (Lipinski definition) is 1. The average molecular weight is 411 g/mol. The summed E-state index contributed by atoms with van der Waals surface area (Å²) >= 11 is 1.33. The van der Waals surface area contributed by atoms with Gasteiger partial charge in [-0.05, 0) is 30.5 Å². The third-order valence-electron chi connectivity index (χ3n) is 4.04. The highest BCUT2D eigenvalue weighted by Gasteiger charge is 2.25. The van der Waals surface area contributed by atoms with Crippen LogP contribution in [0.4, 0.5) is 5.13 Å². The molecule has 1 aromatic carbocycles. The first kappa shape index (κ1) is 21.5. The second-order valence-electron chi connectivity index (χ2n) is 6.62. The zero-order valence-electron chi connectivity index (χ0n) is 16.3. The quantitative estimate of drug-likeness (QED) is 0.721. The van der Waals surface area contributed by atoms with Crippen molar-refractivity contribution in [3.05, 3.63) is 34.3 Å². The number of sulfonamides is 1. The van der Waals surface area contributed by atoms with E-state index in [0.29, 0.717) is 29.7 Å². The van der Waals surface area contributed by atoms with Crippen LogP contribution in [0.2, 0.25) is 0 Å². The molecule has 0 spiro atoms. The lowest BCUT2D eigenvalue weighted by Gasteiger charge is -2.20. The number of hydrogen-bond acceptors (Lipinski definition) is 6. The number of aryl methyl sites for hydroxylation is 1. The predicted octanol–water partition coefficient (Wildman–Crippen LogP) is 3.33. The van der Waals surface area contributed by atoms with Crippen LogP contribution in [0.5, 0.6) is 0 Å². The van der Waals surface area contributed by atoms with Crippen molar-refractivity contribution >= 4 is 32.4 Å². The van der Waals surface area contributed by atoms with E-state index in [2.05, 4.69) is 29.4 Å². The van der Waals surface area contributed by atoms with Crippen molar-refractivity contribution in [2.45, 2.75) is 45.9 Å². The molecule has 0 saturated heterocycles. The highest BCUT2D eigenvalue weighted by atomic mass is 32.2. The Morgan fingerprint density at radius 1 is 1.22 bits per heavy atom. The van der Waals surface area contributed by atoms with Crippen molar-refractivity contribution in [3.8, 4) is 0 Å². The molecule has 0 atom stereocenters. The molecule has 0 unspecified atom stereocenters. The van der Waals surface area contributed by atoms with Gasteiger partial charge >= 0.3 is 0 Å². The molecule has 1 aromatic heterocycles. The van der Waals surface area contributed by atoms with Gasteiger partial charge in [-0.1, -0.05) is 45.1 Å². The molecule has 0 saturated carbocycles. The van der Waals surface area contributed by atoms with Gasteiger partial charge in [-0.2, -0.15) is 4.31 Å². The fourth-order valence-electron chi connectivity index (χ4n) is 2.63. The van der Waals surface area contributed by atoms with Crippen LogP contribution >= 0.6 is 11.3 Å². The number of carbonyl (C=O) groups is 1. The number of aromatic nitrogens is 2. The lowest BCUT2D eigenvalue weighted by molar-refractivity contribution is 0.102. The van der Waals surface area contributed by atoms with Gasteiger partial charge in [0, 0.05) is 25.1 Å². The van der Waals surface area contributed by atoms with E-state index in [-0.39, 0.29) is 10.5 Å². The summed E-state index contributed by atoms with van der Waals surface area (Å²) in [6.45, 7) is 10.2. The summed E-state index contributed by atoms with van der Waals surface area (Å²) in [5.41, 5.74) is 0.875. The Morgan fingerprint density at radius 2 is 1.89 bits per heavy atom. The maximum Gasteiger partial charge on any atom is 0.257 e. The summed E-state index contributed by atoms with van der Waals surface area (Å²) < 4.78 is 27.0. The lowest BCUT2D eigenvalue weighted by Crippen LogP contribution is -2.31. The van der Waals surface area contributed by atoms with Gasteiger partial charge in [0.05, 0.1) is 4.90 Å². The van der Waals surface area contributed by atoms with Gasteiger partial charge in [0.2, 0.25) is 15.2 Å². The Hall–Kier alpha value is -1.84. The molecule has 148 valence electrons. The largest absolute Gasteiger partial charge is 0.296 e. The van der Waals surface area contributed by atoms with Crippen molar-refractivity contribution in [2.24, 2.45) is 5.92 Å². The number of nitrogens with zero attached hydrogens (tertiary/aromatic N) is 3. The Balaban J connectivity index is 2.26. The molecule has 2 aromatic rings. The van der Waals surface area contributed by atoms with E-state index in [4.69, 9.17) is 0 Å². The molecule has 0 fully saturated rings. The summed E-state index contributed by atoms with van der Waals surface area (Å²) in [6.07, 6.45) is 0.796. The molecular formula is C18H26N4O3S2. The first-order valence-electron chi connectivity index (χ1n) is 8.93. The monoisotopic (exact) mass is 410 g/mol. The van der Waals surface area contributed by atoms with Crippen molar-refractivity contribution in [1.29, 1.82) is 0 Å². The fraction of sp³-hybridized carbons (Fsp3) is 0.500. The van der Waals surface area contributed by atoms with Crippen LogP contribution in [0, 0.1) is 12.8 Å². The molecule has 27 heavy (non-hydrogen) atoms. The van der Waals surface area contributed by atoms with Crippen molar-refractivity contribution < 1.29 is 13.2 Å². The van der Waals surface area contributed by atoms with Gasteiger partial charge in [0.15, 0.2) is 0 Å². The van der Waals surface area contributed by atoms with E-state index >= 15 is 0 Å². The topological polar surface area (TPSA) is 92.3 Å². The minimum Gasteiger partial charge on any atom is -0.296 e. The molecule has 1 amide bonds. The van der Waals surface area contributed by atoms with Gasteiger partial charge in [0.1, 0.15) is 5.01 Å². The fourth-order valence-corrected chi connectivity index (χ4v) is 5.28. The summed E-state index contributed by atoms with van der Waals surface area (Å²) in [4.78, 5) is 12.7. The number of nitrogens with one attached hydrogen (secondary N) is 1. The van der Waals surface area contributed by atoms with Crippen LogP contribution in [-0.2, 0) is 16.4 Å². The third kappa shape index (κ3) is 5.12. The van der Waals surface area contributed by atoms with Crippen LogP contribution in [0.3, 0.4) is 0 Å². The highest BCUT2D eigenvalue weighted by molar-refractivity contribution is 7.89. The number of amides is 1. The van der Waals surface area contributed by atoms with E-state index in [1.165, 1.54) is 21.7 Å². The molecule has 7 nitrogen and oxygen atoms in total. The average Bonchev–Trinajstić information content (AvgIpc) is 3.01. The van der Waals surface area contributed by atoms with E-state index < -0.39 is 15.9 Å². The first-order chi connectivity index (χ1) is 12.7. The Kier molecular flexibility index (Phi) is 7.07. The predicted molar refractivity (Wildman–Crippen MR) is 108 cm³/mol. The summed E-state index contributed by atoms with van der Waals surface area (Å²) in [7, 11) is -3.64. The van der Waals surface area contributed by atoms with Crippen molar-refractivity contribution in [1.82, 2.24) is 14.5 Å². The highest BCUT2D eigenvalue weighted by Crippen LogP contribution is 2.23.